The number of aromatic nitrogens is 2. The second-order valence-corrected chi connectivity index (χ2v) is 3.34. The lowest BCUT2D eigenvalue weighted by molar-refractivity contribution is 0.409. The maximum absolute atomic E-state index is 13.0. The molecule has 0 saturated carbocycles. The maximum atomic E-state index is 13.0. The van der Waals surface area contributed by atoms with Gasteiger partial charge < -0.3 is 9.72 Å². The second-order valence-electron chi connectivity index (χ2n) is 2.95. The van der Waals surface area contributed by atoms with Crippen molar-refractivity contribution in [3.63, 3.8) is 0 Å². The zero-order chi connectivity index (χ0) is 10.8. The van der Waals surface area contributed by atoms with Crippen LogP contribution in [0.2, 0.25) is 0 Å². The summed E-state index contributed by atoms with van der Waals surface area (Å²) in [7, 11) is 1.49. The number of ether oxygens (including phenoxy) is 1. The van der Waals surface area contributed by atoms with Gasteiger partial charge in [0.25, 0.3) is 0 Å². The zero-order valence-corrected chi connectivity index (χ0v) is 8.84. The average Bonchev–Trinajstić information content (AvgIpc) is 2.64. The summed E-state index contributed by atoms with van der Waals surface area (Å²) in [4.78, 5) is 2.86. The van der Waals surface area contributed by atoms with Gasteiger partial charge in [-0.3, -0.25) is 4.57 Å². The van der Waals surface area contributed by atoms with E-state index >= 15 is 0 Å². The Morgan fingerprint density at radius 3 is 2.87 bits per heavy atom. The minimum Gasteiger partial charge on any atom is -0.494 e. The van der Waals surface area contributed by atoms with Crippen LogP contribution in [0.25, 0.3) is 5.69 Å². The molecule has 0 radical (unpaired) electrons. The third-order valence-electron chi connectivity index (χ3n) is 2.05. The molecule has 1 aromatic carbocycles. The van der Waals surface area contributed by atoms with Crippen LogP contribution in [0.5, 0.6) is 5.75 Å². The molecule has 15 heavy (non-hydrogen) atoms. The molecule has 1 N–H and O–H groups in total. The van der Waals surface area contributed by atoms with E-state index in [1.54, 1.807) is 23.0 Å². The van der Waals surface area contributed by atoms with Crippen molar-refractivity contribution in [2.45, 2.75) is 0 Å². The first-order valence-corrected chi connectivity index (χ1v) is 4.73. The van der Waals surface area contributed by atoms with Gasteiger partial charge in [0.1, 0.15) is 11.6 Å². The molecule has 2 aromatic rings. The Bertz CT molecular complexity index is 532. The molecule has 1 aromatic heterocycles. The summed E-state index contributed by atoms with van der Waals surface area (Å²) in [6.07, 6.45) is 3.48. The highest BCUT2D eigenvalue weighted by Crippen LogP contribution is 2.23. The molecule has 0 amide bonds. The van der Waals surface area contributed by atoms with Crippen molar-refractivity contribution in [1.29, 1.82) is 0 Å². The van der Waals surface area contributed by atoms with Crippen molar-refractivity contribution in [3.8, 4) is 11.4 Å². The van der Waals surface area contributed by atoms with Gasteiger partial charge in [-0.05, 0) is 24.4 Å². The summed E-state index contributed by atoms with van der Waals surface area (Å²) in [6, 6.07) is 4.31. The minimum absolute atomic E-state index is 0.336. The second kappa shape index (κ2) is 3.86. The first-order chi connectivity index (χ1) is 7.22. The van der Waals surface area contributed by atoms with Crippen molar-refractivity contribution in [2.75, 3.05) is 7.11 Å². The largest absolute Gasteiger partial charge is 0.494 e. The van der Waals surface area contributed by atoms with E-state index in [0.29, 0.717) is 16.2 Å². The number of hydrogen-bond donors (Lipinski definition) is 1. The SMILES string of the molecule is COc1cc(F)ccc1-n1cc[nH]c1=S. The summed E-state index contributed by atoms with van der Waals surface area (Å²) < 4.78 is 20.3. The molecular weight excluding hydrogens is 215 g/mol. The Balaban J connectivity index is 2.63. The number of halogens is 1. The molecule has 0 spiro atoms. The van der Waals surface area contributed by atoms with Gasteiger partial charge in [-0.2, -0.15) is 0 Å². The summed E-state index contributed by atoms with van der Waals surface area (Å²) in [5.74, 6) is 0.114. The number of hydrogen-bond acceptors (Lipinski definition) is 2. The van der Waals surface area contributed by atoms with Crippen molar-refractivity contribution in [3.05, 3.63) is 41.2 Å². The number of rotatable bonds is 2. The van der Waals surface area contributed by atoms with Crippen molar-refractivity contribution in [2.24, 2.45) is 0 Å². The highest BCUT2D eigenvalue weighted by molar-refractivity contribution is 7.71. The van der Waals surface area contributed by atoms with Crippen molar-refractivity contribution >= 4 is 12.2 Å². The molecule has 1 heterocycles. The smallest absolute Gasteiger partial charge is 0.181 e. The van der Waals surface area contributed by atoms with Gasteiger partial charge in [0.2, 0.25) is 0 Å². The molecule has 5 heteroatoms. The summed E-state index contributed by atoms with van der Waals surface area (Å²) in [5, 5.41) is 0. The maximum Gasteiger partial charge on any atom is 0.181 e. The van der Waals surface area contributed by atoms with Crippen LogP contribution in [0.4, 0.5) is 4.39 Å². The van der Waals surface area contributed by atoms with Gasteiger partial charge in [0, 0.05) is 18.5 Å². The Kier molecular flexibility index (Phi) is 2.55. The van der Waals surface area contributed by atoms with Crippen LogP contribution in [0.1, 0.15) is 0 Å². The van der Waals surface area contributed by atoms with Crippen LogP contribution in [0.3, 0.4) is 0 Å². The van der Waals surface area contributed by atoms with Gasteiger partial charge >= 0.3 is 0 Å². The van der Waals surface area contributed by atoms with Gasteiger partial charge in [-0.15, -0.1) is 0 Å². The number of H-pyrrole nitrogens is 1. The first-order valence-electron chi connectivity index (χ1n) is 4.32. The molecule has 0 atom stereocenters. The molecule has 2 rings (SSSR count). The van der Waals surface area contributed by atoms with E-state index in [0.717, 1.165) is 0 Å². The Hall–Kier alpha value is -1.62. The minimum atomic E-state index is -0.336. The molecule has 0 saturated heterocycles. The van der Waals surface area contributed by atoms with Gasteiger partial charge in [-0.1, -0.05) is 0 Å². The third-order valence-corrected chi connectivity index (χ3v) is 2.37. The lowest BCUT2D eigenvalue weighted by Gasteiger charge is -2.08. The standard InChI is InChI=1S/C10H9FN2OS/c1-14-9-6-7(11)2-3-8(9)13-5-4-12-10(13)15/h2-6H,1H3,(H,12,15). The quantitative estimate of drug-likeness (QED) is 0.795. The van der Waals surface area contributed by atoms with E-state index < -0.39 is 0 Å². The third kappa shape index (κ3) is 1.78. The molecule has 78 valence electrons. The molecule has 0 aliphatic rings. The summed E-state index contributed by atoms with van der Waals surface area (Å²) >= 11 is 5.07. The number of aromatic amines is 1. The van der Waals surface area contributed by atoms with Crippen molar-refractivity contribution in [1.82, 2.24) is 9.55 Å². The fourth-order valence-electron chi connectivity index (χ4n) is 1.36. The Morgan fingerprint density at radius 1 is 1.47 bits per heavy atom. The van der Waals surface area contributed by atoms with Crippen molar-refractivity contribution < 1.29 is 9.13 Å². The van der Waals surface area contributed by atoms with E-state index in [1.807, 2.05) is 0 Å². The lowest BCUT2D eigenvalue weighted by atomic mass is 10.3. The number of methoxy groups -OCH3 is 1. The number of imidazole rings is 1. The normalized spacial score (nSPS) is 10.3. The van der Waals surface area contributed by atoms with E-state index in [4.69, 9.17) is 17.0 Å². The molecule has 3 nitrogen and oxygen atoms in total. The average molecular weight is 224 g/mol. The molecule has 0 unspecified atom stereocenters. The predicted molar refractivity (Wildman–Crippen MR) is 57.5 cm³/mol. The van der Waals surface area contributed by atoms with E-state index in [-0.39, 0.29) is 5.82 Å². The molecule has 0 aliphatic heterocycles. The van der Waals surface area contributed by atoms with E-state index in [1.165, 1.54) is 19.2 Å². The van der Waals surface area contributed by atoms with Crippen LogP contribution < -0.4 is 4.74 Å². The number of nitrogens with zero attached hydrogens (tertiary/aromatic N) is 1. The fourth-order valence-corrected chi connectivity index (χ4v) is 1.59. The van der Waals surface area contributed by atoms with Crippen LogP contribution in [0.15, 0.2) is 30.6 Å². The van der Waals surface area contributed by atoms with Gasteiger partial charge in [-0.25, -0.2) is 4.39 Å². The van der Waals surface area contributed by atoms with Crippen LogP contribution >= 0.6 is 12.2 Å². The Morgan fingerprint density at radius 2 is 2.27 bits per heavy atom. The highest BCUT2D eigenvalue weighted by Gasteiger charge is 2.06. The Labute approximate surface area is 91.1 Å². The van der Waals surface area contributed by atoms with Crippen LogP contribution in [0, 0.1) is 10.6 Å². The van der Waals surface area contributed by atoms with Gasteiger partial charge in [0.05, 0.1) is 12.8 Å². The predicted octanol–water partition coefficient (Wildman–Crippen LogP) is 2.68. The summed E-state index contributed by atoms with van der Waals surface area (Å²) in [6.45, 7) is 0. The van der Waals surface area contributed by atoms with Crippen LogP contribution in [-0.4, -0.2) is 16.7 Å². The molecule has 0 aliphatic carbocycles. The number of nitrogens with one attached hydrogen (secondary N) is 1. The fraction of sp³-hybridized carbons (Fsp3) is 0.100. The first kappa shape index (κ1) is 9.92. The molecular formula is C10H9FN2OS. The number of benzene rings is 1. The van der Waals surface area contributed by atoms with Gasteiger partial charge in [0.15, 0.2) is 4.77 Å². The molecule has 0 bridgehead atoms. The van der Waals surface area contributed by atoms with E-state index in [2.05, 4.69) is 4.98 Å². The highest BCUT2D eigenvalue weighted by atomic mass is 32.1. The topological polar surface area (TPSA) is 29.9 Å². The zero-order valence-electron chi connectivity index (χ0n) is 8.03. The van der Waals surface area contributed by atoms with Crippen LogP contribution in [-0.2, 0) is 0 Å². The summed E-state index contributed by atoms with van der Waals surface area (Å²) in [5.41, 5.74) is 0.713. The monoisotopic (exact) mass is 224 g/mol. The molecule has 0 fully saturated rings. The lowest BCUT2D eigenvalue weighted by Crippen LogP contribution is -1.97. The van der Waals surface area contributed by atoms with E-state index in [9.17, 15) is 4.39 Å².